The van der Waals surface area contributed by atoms with E-state index in [1.807, 2.05) is 6.07 Å². The summed E-state index contributed by atoms with van der Waals surface area (Å²) >= 11 is 6.47. The third-order valence-corrected chi connectivity index (χ3v) is 4.28. The summed E-state index contributed by atoms with van der Waals surface area (Å²) in [7, 11) is 0. The first kappa shape index (κ1) is 12.0. The Hall–Kier alpha value is -1.02. The fourth-order valence-electron chi connectivity index (χ4n) is 2.57. The molecular formula is C15H18ClNO. The van der Waals surface area contributed by atoms with Crippen molar-refractivity contribution in [3.63, 3.8) is 0 Å². The molecule has 0 saturated heterocycles. The van der Waals surface area contributed by atoms with Crippen LogP contribution < -0.4 is 5.32 Å². The molecule has 1 aromatic carbocycles. The van der Waals surface area contributed by atoms with Crippen molar-refractivity contribution < 1.29 is 4.79 Å². The van der Waals surface area contributed by atoms with Crippen molar-refractivity contribution in [2.75, 3.05) is 5.32 Å². The molecule has 0 bridgehead atoms. The molecule has 96 valence electrons. The summed E-state index contributed by atoms with van der Waals surface area (Å²) in [4.78, 5) is 11.5. The van der Waals surface area contributed by atoms with Crippen LogP contribution in [0, 0.1) is 5.92 Å². The van der Waals surface area contributed by atoms with Crippen molar-refractivity contribution in [3.05, 3.63) is 29.3 Å². The number of halogens is 1. The van der Waals surface area contributed by atoms with Crippen LogP contribution in [0.25, 0.3) is 0 Å². The van der Waals surface area contributed by atoms with E-state index in [1.54, 1.807) is 0 Å². The molecule has 2 aliphatic rings. The molecule has 0 radical (unpaired) electrons. The summed E-state index contributed by atoms with van der Waals surface area (Å²) < 4.78 is 0. The van der Waals surface area contributed by atoms with Gasteiger partial charge in [-0.2, -0.15) is 0 Å². The number of alkyl halides is 1. The highest BCUT2D eigenvalue weighted by Crippen LogP contribution is 2.41. The molecule has 3 heteroatoms. The van der Waals surface area contributed by atoms with Crippen LogP contribution >= 0.6 is 11.6 Å². The molecule has 1 unspecified atom stereocenters. The quantitative estimate of drug-likeness (QED) is 0.820. The van der Waals surface area contributed by atoms with E-state index < -0.39 is 0 Å². The number of carbonyl (C=O) groups excluding carboxylic acids is 1. The van der Waals surface area contributed by atoms with Gasteiger partial charge in [0.1, 0.15) is 0 Å². The predicted octanol–water partition coefficient (Wildman–Crippen LogP) is 4.04. The van der Waals surface area contributed by atoms with Crippen molar-refractivity contribution in [2.24, 2.45) is 5.92 Å². The molecule has 1 fully saturated rings. The van der Waals surface area contributed by atoms with E-state index in [0.717, 1.165) is 30.9 Å². The molecular weight excluding hydrogens is 246 g/mol. The lowest BCUT2D eigenvalue weighted by Gasteiger charge is -2.13. The second-order valence-electron chi connectivity index (χ2n) is 5.46. The minimum absolute atomic E-state index is 0.127. The van der Waals surface area contributed by atoms with Crippen molar-refractivity contribution in [1.29, 1.82) is 0 Å². The zero-order chi connectivity index (χ0) is 12.5. The normalized spacial score (nSPS) is 20.8. The summed E-state index contributed by atoms with van der Waals surface area (Å²) in [6.07, 6.45) is 6.28. The highest BCUT2D eigenvalue weighted by molar-refractivity contribution is 6.20. The van der Waals surface area contributed by atoms with Gasteiger partial charge in [0.2, 0.25) is 5.91 Å². The van der Waals surface area contributed by atoms with E-state index in [1.165, 1.54) is 24.0 Å². The fourth-order valence-corrected chi connectivity index (χ4v) is 2.96. The third kappa shape index (κ3) is 2.69. The Balaban J connectivity index is 1.80. The van der Waals surface area contributed by atoms with E-state index in [2.05, 4.69) is 17.4 Å². The standard InChI is InChI=1S/C15H18ClNO/c16-13(8-10-4-5-10)11-6-7-14-12(9-11)2-1-3-15(18)17-14/h6-7,9-10,13H,1-5,8H2,(H,17,18). The van der Waals surface area contributed by atoms with E-state index in [4.69, 9.17) is 11.6 Å². The number of nitrogens with one attached hydrogen (secondary N) is 1. The van der Waals surface area contributed by atoms with Gasteiger partial charge in [0.25, 0.3) is 0 Å². The van der Waals surface area contributed by atoms with Crippen LogP contribution in [-0.2, 0) is 11.2 Å². The maximum atomic E-state index is 11.5. The third-order valence-electron chi connectivity index (χ3n) is 3.85. The average molecular weight is 264 g/mol. The van der Waals surface area contributed by atoms with Gasteiger partial charge in [-0.3, -0.25) is 4.79 Å². The first-order valence-electron chi connectivity index (χ1n) is 6.79. The lowest BCUT2D eigenvalue weighted by atomic mass is 10.0. The van der Waals surface area contributed by atoms with E-state index in [9.17, 15) is 4.79 Å². The van der Waals surface area contributed by atoms with Crippen LogP contribution in [0.1, 0.15) is 48.6 Å². The molecule has 1 aromatic rings. The van der Waals surface area contributed by atoms with Gasteiger partial charge >= 0.3 is 0 Å². The van der Waals surface area contributed by atoms with Crippen molar-refractivity contribution in [3.8, 4) is 0 Å². The Morgan fingerprint density at radius 1 is 1.33 bits per heavy atom. The molecule has 18 heavy (non-hydrogen) atoms. The van der Waals surface area contributed by atoms with Crippen LogP contribution in [0.5, 0.6) is 0 Å². The number of hydrogen-bond acceptors (Lipinski definition) is 1. The lowest BCUT2D eigenvalue weighted by Crippen LogP contribution is -2.09. The van der Waals surface area contributed by atoms with Crippen LogP contribution in [0.3, 0.4) is 0 Å². The Labute approximate surface area is 113 Å². The molecule has 1 aliphatic carbocycles. The summed E-state index contributed by atoms with van der Waals surface area (Å²) in [6.45, 7) is 0. The first-order valence-corrected chi connectivity index (χ1v) is 7.23. The number of fused-ring (bicyclic) bond motifs is 1. The zero-order valence-corrected chi connectivity index (χ0v) is 11.2. The Morgan fingerprint density at radius 2 is 2.17 bits per heavy atom. The van der Waals surface area contributed by atoms with Gasteiger partial charge in [0, 0.05) is 12.1 Å². The van der Waals surface area contributed by atoms with Gasteiger partial charge in [0.05, 0.1) is 5.38 Å². The summed E-state index contributed by atoms with van der Waals surface area (Å²) in [5.41, 5.74) is 3.41. The highest BCUT2D eigenvalue weighted by Gasteiger charge is 2.25. The molecule has 1 saturated carbocycles. The minimum atomic E-state index is 0.127. The fraction of sp³-hybridized carbons (Fsp3) is 0.533. The first-order chi connectivity index (χ1) is 8.72. The topological polar surface area (TPSA) is 29.1 Å². The largest absolute Gasteiger partial charge is 0.326 e. The molecule has 1 N–H and O–H groups in total. The summed E-state index contributed by atoms with van der Waals surface area (Å²) in [5.74, 6) is 0.966. The highest BCUT2D eigenvalue weighted by atomic mass is 35.5. The number of aryl methyl sites for hydroxylation is 1. The van der Waals surface area contributed by atoms with Crippen LogP contribution in [0.4, 0.5) is 5.69 Å². The average Bonchev–Trinajstić information content (AvgIpc) is 3.15. The van der Waals surface area contributed by atoms with Gasteiger partial charge in [-0.25, -0.2) is 0 Å². The van der Waals surface area contributed by atoms with Crippen LogP contribution in [0.15, 0.2) is 18.2 Å². The van der Waals surface area contributed by atoms with Crippen LogP contribution in [-0.4, -0.2) is 5.91 Å². The van der Waals surface area contributed by atoms with E-state index in [0.29, 0.717) is 6.42 Å². The van der Waals surface area contributed by atoms with Gasteiger partial charge in [0.15, 0.2) is 0 Å². The van der Waals surface area contributed by atoms with Crippen molar-refractivity contribution in [1.82, 2.24) is 0 Å². The number of anilines is 1. The monoisotopic (exact) mass is 263 g/mol. The molecule has 1 amide bonds. The smallest absolute Gasteiger partial charge is 0.224 e. The Kier molecular flexibility index (Phi) is 3.29. The molecule has 0 aromatic heterocycles. The maximum absolute atomic E-state index is 11.5. The molecule has 3 rings (SSSR count). The molecule has 1 atom stereocenters. The van der Waals surface area contributed by atoms with E-state index in [-0.39, 0.29) is 11.3 Å². The van der Waals surface area contributed by atoms with Crippen molar-refractivity contribution >= 4 is 23.2 Å². The zero-order valence-electron chi connectivity index (χ0n) is 10.4. The molecule has 1 heterocycles. The number of hydrogen-bond donors (Lipinski definition) is 1. The molecule has 0 spiro atoms. The number of rotatable bonds is 3. The van der Waals surface area contributed by atoms with Gasteiger partial charge in [-0.05, 0) is 42.4 Å². The SMILES string of the molecule is O=C1CCCc2cc(C(Cl)CC3CC3)ccc2N1. The second-order valence-corrected chi connectivity index (χ2v) is 5.99. The summed E-state index contributed by atoms with van der Waals surface area (Å²) in [5, 5.41) is 3.09. The van der Waals surface area contributed by atoms with Gasteiger partial charge in [-0.1, -0.05) is 25.0 Å². The lowest BCUT2D eigenvalue weighted by molar-refractivity contribution is -0.116. The number of carbonyl (C=O) groups is 1. The van der Waals surface area contributed by atoms with Crippen LogP contribution in [0.2, 0.25) is 0 Å². The Morgan fingerprint density at radius 3 is 2.94 bits per heavy atom. The van der Waals surface area contributed by atoms with E-state index >= 15 is 0 Å². The maximum Gasteiger partial charge on any atom is 0.224 e. The second kappa shape index (κ2) is 4.93. The Bertz CT molecular complexity index is 468. The van der Waals surface area contributed by atoms with Gasteiger partial charge < -0.3 is 5.32 Å². The molecule has 1 aliphatic heterocycles. The molecule has 2 nitrogen and oxygen atoms in total. The number of amides is 1. The van der Waals surface area contributed by atoms with Gasteiger partial charge in [-0.15, -0.1) is 11.6 Å². The summed E-state index contributed by atoms with van der Waals surface area (Å²) in [6, 6.07) is 6.25. The minimum Gasteiger partial charge on any atom is -0.326 e. The predicted molar refractivity (Wildman–Crippen MR) is 73.9 cm³/mol. The van der Waals surface area contributed by atoms with Crippen molar-refractivity contribution in [2.45, 2.75) is 43.9 Å². The number of benzene rings is 1.